The van der Waals surface area contributed by atoms with Crippen LogP contribution in [0.3, 0.4) is 0 Å². The van der Waals surface area contributed by atoms with Crippen molar-refractivity contribution in [3.05, 3.63) is 53.6 Å². The van der Waals surface area contributed by atoms with E-state index in [1.807, 2.05) is 0 Å². The molecule has 2 fully saturated rings. The molecular weight excluding hydrogens is 338 g/mol. The fraction of sp³-hybridized carbons (Fsp3) is 0.300. The smallest absolute Gasteiger partial charge is 0.237 e. The van der Waals surface area contributed by atoms with Crippen molar-refractivity contribution < 1.29 is 14.3 Å². The number of anilines is 1. The molecule has 0 aromatic heterocycles. The van der Waals surface area contributed by atoms with Crippen LogP contribution in [0.15, 0.2) is 48.5 Å². The molecule has 1 saturated carbocycles. The zero-order valence-electron chi connectivity index (χ0n) is 13.7. The number of imide groups is 1. The van der Waals surface area contributed by atoms with E-state index in [1.165, 1.54) is 4.90 Å². The maximum absolute atomic E-state index is 12.6. The molecule has 1 aliphatic heterocycles. The van der Waals surface area contributed by atoms with Gasteiger partial charge in [-0.05, 0) is 61.4 Å². The zero-order chi connectivity index (χ0) is 17.4. The second-order valence-electron chi connectivity index (χ2n) is 6.56. The molecule has 2 aliphatic rings. The highest BCUT2D eigenvalue weighted by Crippen LogP contribution is 2.40. The molecule has 1 aliphatic carbocycles. The van der Waals surface area contributed by atoms with Gasteiger partial charge >= 0.3 is 0 Å². The number of fused-ring (bicyclic) bond motifs is 1. The molecule has 2 aromatic rings. The van der Waals surface area contributed by atoms with Gasteiger partial charge in [0.2, 0.25) is 11.8 Å². The summed E-state index contributed by atoms with van der Waals surface area (Å²) in [5.74, 6) is 0.943. The predicted molar refractivity (Wildman–Crippen MR) is 95.9 cm³/mol. The number of carbonyl (C=O) groups is 2. The third kappa shape index (κ3) is 3.02. The Bertz CT molecular complexity index is 777. The van der Waals surface area contributed by atoms with E-state index in [-0.39, 0.29) is 23.7 Å². The highest BCUT2D eigenvalue weighted by atomic mass is 35.5. The van der Waals surface area contributed by atoms with Gasteiger partial charge in [0.1, 0.15) is 11.5 Å². The van der Waals surface area contributed by atoms with Gasteiger partial charge in [0.05, 0.1) is 17.5 Å². The number of ether oxygens (including phenoxy) is 1. The number of amides is 2. The van der Waals surface area contributed by atoms with Crippen LogP contribution >= 0.6 is 11.6 Å². The number of benzene rings is 2. The van der Waals surface area contributed by atoms with E-state index in [4.69, 9.17) is 16.3 Å². The second-order valence-corrected chi connectivity index (χ2v) is 7.00. The molecule has 4 rings (SSSR count). The van der Waals surface area contributed by atoms with E-state index in [2.05, 4.69) is 0 Å². The summed E-state index contributed by atoms with van der Waals surface area (Å²) in [5, 5.41) is 0.648. The summed E-state index contributed by atoms with van der Waals surface area (Å²) < 4.78 is 5.75. The molecule has 0 radical (unpaired) electrons. The number of hydrogen-bond donors (Lipinski definition) is 0. The van der Waals surface area contributed by atoms with E-state index >= 15 is 0 Å². The van der Waals surface area contributed by atoms with Crippen LogP contribution in [0.4, 0.5) is 5.69 Å². The van der Waals surface area contributed by atoms with Crippen LogP contribution in [-0.4, -0.2) is 11.8 Å². The lowest BCUT2D eigenvalue weighted by molar-refractivity contribution is -0.122. The lowest BCUT2D eigenvalue weighted by Gasteiger charge is -2.19. The monoisotopic (exact) mass is 355 g/mol. The quantitative estimate of drug-likeness (QED) is 0.742. The third-order valence-electron chi connectivity index (χ3n) is 4.99. The lowest BCUT2D eigenvalue weighted by Crippen LogP contribution is -2.30. The lowest BCUT2D eigenvalue weighted by atomic mass is 9.81. The maximum Gasteiger partial charge on any atom is 0.237 e. The van der Waals surface area contributed by atoms with Crippen molar-refractivity contribution in [1.82, 2.24) is 0 Å². The number of rotatable bonds is 3. The number of hydrogen-bond acceptors (Lipinski definition) is 3. The molecule has 2 atom stereocenters. The van der Waals surface area contributed by atoms with E-state index in [0.717, 1.165) is 25.7 Å². The molecule has 2 amide bonds. The average Bonchev–Trinajstić information content (AvgIpc) is 2.89. The van der Waals surface area contributed by atoms with Gasteiger partial charge < -0.3 is 4.74 Å². The fourth-order valence-corrected chi connectivity index (χ4v) is 3.84. The molecular formula is C20H18ClNO3. The summed E-state index contributed by atoms with van der Waals surface area (Å²) >= 11 is 5.86. The van der Waals surface area contributed by atoms with E-state index in [1.54, 1.807) is 48.5 Å². The van der Waals surface area contributed by atoms with Crippen LogP contribution in [0.2, 0.25) is 5.02 Å². The topological polar surface area (TPSA) is 46.6 Å². The van der Waals surface area contributed by atoms with Crippen LogP contribution in [-0.2, 0) is 9.59 Å². The minimum Gasteiger partial charge on any atom is -0.457 e. The van der Waals surface area contributed by atoms with Gasteiger partial charge in [0.25, 0.3) is 0 Å². The zero-order valence-corrected chi connectivity index (χ0v) is 14.4. The predicted octanol–water partition coefficient (Wildman–Crippen LogP) is 4.81. The Morgan fingerprint density at radius 3 is 1.80 bits per heavy atom. The van der Waals surface area contributed by atoms with E-state index < -0.39 is 0 Å². The first kappa shape index (κ1) is 16.2. The third-order valence-corrected chi connectivity index (χ3v) is 5.24. The van der Waals surface area contributed by atoms with Crippen LogP contribution in [0.5, 0.6) is 11.5 Å². The fourth-order valence-electron chi connectivity index (χ4n) is 3.72. The molecule has 128 valence electrons. The molecule has 5 heteroatoms. The van der Waals surface area contributed by atoms with Crippen molar-refractivity contribution in [2.75, 3.05) is 4.90 Å². The first-order valence-electron chi connectivity index (χ1n) is 8.55. The molecule has 0 N–H and O–H groups in total. The molecule has 1 heterocycles. The first-order chi connectivity index (χ1) is 12.1. The van der Waals surface area contributed by atoms with Gasteiger partial charge in [-0.2, -0.15) is 0 Å². The summed E-state index contributed by atoms with van der Waals surface area (Å²) in [6.07, 6.45) is 3.71. The Morgan fingerprint density at radius 2 is 1.28 bits per heavy atom. The molecule has 4 nitrogen and oxygen atoms in total. The summed E-state index contributed by atoms with van der Waals surface area (Å²) in [4.78, 5) is 26.6. The number of carbonyl (C=O) groups excluding carboxylic acids is 2. The van der Waals surface area contributed by atoms with Gasteiger partial charge in [-0.3, -0.25) is 14.5 Å². The molecule has 2 unspecified atom stereocenters. The maximum atomic E-state index is 12.6. The van der Waals surface area contributed by atoms with Crippen molar-refractivity contribution in [3.8, 4) is 11.5 Å². The van der Waals surface area contributed by atoms with Crippen LogP contribution in [0.1, 0.15) is 25.7 Å². The molecule has 25 heavy (non-hydrogen) atoms. The normalized spacial score (nSPS) is 22.8. The van der Waals surface area contributed by atoms with E-state index in [9.17, 15) is 9.59 Å². The Kier molecular flexibility index (Phi) is 4.22. The molecule has 1 saturated heterocycles. The van der Waals surface area contributed by atoms with Crippen LogP contribution < -0.4 is 9.64 Å². The Hall–Kier alpha value is -2.33. The van der Waals surface area contributed by atoms with Crippen LogP contribution in [0.25, 0.3) is 0 Å². The Labute approximate surface area is 151 Å². The van der Waals surface area contributed by atoms with Gasteiger partial charge in [-0.25, -0.2) is 0 Å². The van der Waals surface area contributed by atoms with Gasteiger partial charge in [-0.15, -0.1) is 0 Å². The summed E-state index contributed by atoms with van der Waals surface area (Å²) in [5.41, 5.74) is 0.618. The van der Waals surface area contributed by atoms with Crippen molar-refractivity contribution in [3.63, 3.8) is 0 Å². The number of nitrogens with zero attached hydrogens (tertiary/aromatic N) is 1. The minimum atomic E-state index is -0.133. The standard InChI is InChI=1S/C20H18ClNO3/c21-13-5-9-15(10-6-13)25-16-11-7-14(8-12-16)22-19(23)17-3-1-2-4-18(17)20(22)24/h5-12,17-18H,1-4H2. The van der Waals surface area contributed by atoms with E-state index in [0.29, 0.717) is 22.2 Å². The molecule has 2 aromatic carbocycles. The van der Waals surface area contributed by atoms with Gasteiger partial charge in [0, 0.05) is 5.02 Å². The minimum absolute atomic E-state index is 0.0546. The Balaban J connectivity index is 1.53. The van der Waals surface area contributed by atoms with Crippen molar-refractivity contribution in [1.29, 1.82) is 0 Å². The largest absolute Gasteiger partial charge is 0.457 e. The van der Waals surface area contributed by atoms with Crippen LogP contribution in [0, 0.1) is 11.8 Å². The summed E-state index contributed by atoms with van der Waals surface area (Å²) in [6.45, 7) is 0. The molecule has 0 spiro atoms. The van der Waals surface area contributed by atoms with Crippen molar-refractivity contribution in [2.24, 2.45) is 11.8 Å². The summed E-state index contributed by atoms with van der Waals surface area (Å²) in [6, 6.07) is 14.2. The highest BCUT2D eigenvalue weighted by Gasteiger charge is 2.48. The Morgan fingerprint density at radius 1 is 0.800 bits per heavy atom. The SMILES string of the molecule is O=C1C2CCCCC2C(=O)N1c1ccc(Oc2ccc(Cl)cc2)cc1. The summed E-state index contributed by atoms with van der Waals surface area (Å²) in [7, 11) is 0. The molecule has 0 bridgehead atoms. The number of halogens is 1. The first-order valence-corrected chi connectivity index (χ1v) is 8.92. The van der Waals surface area contributed by atoms with Gasteiger partial charge in [-0.1, -0.05) is 24.4 Å². The second kappa shape index (κ2) is 6.52. The highest BCUT2D eigenvalue weighted by molar-refractivity contribution is 6.30. The average molecular weight is 356 g/mol. The van der Waals surface area contributed by atoms with Crippen molar-refractivity contribution >= 4 is 29.1 Å². The van der Waals surface area contributed by atoms with Gasteiger partial charge in [0.15, 0.2) is 0 Å². The van der Waals surface area contributed by atoms with Crippen molar-refractivity contribution in [2.45, 2.75) is 25.7 Å².